The van der Waals surface area contributed by atoms with Crippen molar-refractivity contribution in [3.05, 3.63) is 72.6 Å². The van der Waals surface area contributed by atoms with Gasteiger partial charge in [-0.05, 0) is 24.6 Å². The molecule has 3 aromatic rings. The van der Waals surface area contributed by atoms with E-state index in [1.807, 2.05) is 65.2 Å². The van der Waals surface area contributed by atoms with Crippen molar-refractivity contribution in [1.82, 2.24) is 14.8 Å². The number of ether oxygens (including phenoxy) is 1. The van der Waals surface area contributed by atoms with Crippen LogP contribution in [0.4, 0.5) is 0 Å². The second kappa shape index (κ2) is 7.79. The van der Waals surface area contributed by atoms with Gasteiger partial charge in [0.2, 0.25) is 0 Å². The summed E-state index contributed by atoms with van der Waals surface area (Å²) in [6.07, 6.45) is 1.64. The fraction of sp³-hybridized carbons (Fsp3) is 0.167. The molecule has 0 saturated heterocycles. The van der Waals surface area contributed by atoms with Crippen LogP contribution in [0.25, 0.3) is 5.69 Å². The number of carbonyl (C=O) groups is 1. The largest absolute Gasteiger partial charge is 0.465 e. The topological polar surface area (TPSA) is 57.0 Å². The van der Waals surface area contributed by atoms with Gasteiger partial charge in [-0.25, -0.2) is 0 Å². The normalized spacial score (nSPS) is 11.9. The molecular formula is C18H17N3O2S. The molecular weight excluding hydrogens is 322 g/mol. The third-order valence-electron chi connectivity index (χ3n) is 3.38. The lowest BCUT2D eigenvalue weighted by atomic mass is 10.1. The van der Waals surface area contributed by atoms with Crippen molar-refractivity contribution >= 4 is 17.7 Å². The first-order chi connectivity index (χ1) is 11.8. The monoisotopic (exact) mass is 339 g/mol. The summed E-state index contributed by atoms with van der Waals surface area (Å²) in [5, 5.41) is 8.31. The summed E-state index contributed by atoms with van der Waals surface area (Å²) >= 11 is 1.33. The van der Waals surface area contributed by atoms with Crippen LogP contribution in [-0.4, -0.2) is 27.3 Å². The predicted molar refractivity (Wildman–Crippen MR) is 93.0 cm³/mol. The van der Waals surface area contributed by atoms with E-state index in [1.165, 1.54) is 11.8 Å². The Kier molecular flexibility index (Phi) is 5.28. The Morgan fingerprint density at radius 1 is 1.12 bits per heavy atom. The summed E-state index contributed by atoms with van der Waals surface area (Å²) in [5.41, 5.74) is 1.82. The standard InChI is InChI=1S/C18H17N3O2S/c1-2-23-17(22)16(14-9-5-3-6-10-14)24-18-20-19-13-21(18)15-11-7-4-8-12-15/h3-13,16H,2H2,1H3/t16-/m0/s1. The molecule has 0 radical (unpaired) electrons. The zero-order valence-corrected chi connectivity index (χ0v) is 14.0. The summed E-state index contributed by atoms with van der Waals surface area (Å²) in [6.45, 7) is 2.14. The summed E-state index contributed by atoms with van der Waals surface area (Å²) in [4.78, 5) is 12.4. The maximum atomic E-state index is 12.4. The summed E-state index contributed by atoms with van der Waals surface area (Å²) in [6, 6.07) is 19.3. The van der Waals surface area contributed by atoms with Gasteiger partial charge < -0.3 is 4.74 Å². The Bertz CT molecular complexity index is 790. The number of hydrogen-bond acceptors (Lipinski definition) is 5. The molecule has 1 aromatic heterocycles. The Balaban J connectivity index is 1.92. The lowest BCUT2D eigenvalue weighted by Gasteiger charge is -2.15. The number of nitrogens with zero attached hydrogens (tertiary/aromatic N) is 3. The first kappa shape index (κ1) is 16.3. The van der Waals surface area contributed by atoms with Crippen LogP contribution in [0.3, 0.4) is 0 Å². The van der Waals surface area contributed by atoms with Gasteiger partial charge in [0, 0.05) is 5.69 Å². The van der Waals surface area contributed by atoms with E-state index in [4.69, 9.17) is 4.74 Å². The van der Waals surface area contributed by atoms with Gasteiger partial charge in [0.1, 0.15) is 11.6 Å². The second-order valence-corrected chi connectivity index (χ2v) is 6.05. The molecule has 3 rings (SSSR count). The van der Waals surface area contributed by atoms with Crippen molar-refractivity contribution in [2.24, 2.45) is 0 Å². The van der Waals surface area contributed by atoms with E-state index in [-0.39, 0.29) is 5.97 Å². The molecule has 1 atom stereocenters. The molecule has 2 aromatic carbocycles. The number of esters is 1. The lowest BCUT2D eigenvalue weighted by Crippen LogP contribution is -2.14. The maximum Gasteiger partial charge on any atom is 0.324 e. The molecule has 24 heavy (non-hydrogen) atoms. The highest BCUT2D eigenvalue weighted by Gasteiger charge is 2.25. The molecule has 0 unspecified atom stereocenters. The number of carbonyl (C=O) groups excluding carboxylic acids is 1. The van der Waals surface area contributed by atoms with Crippen LogP contribution in [-0.2, 0) is 9.53 Å². The number of hydrogen-bond donors (Lipinski definition) is 0. The first-order valence-corrected chi connectivity index (χ1v) is 8.51. The lowest BCUT2D eigenvalue weighted by molar-refractivity contribution is -0.142. The van der Waals surface area contributed by atoms with Crippen LogP contribution < -0.4 is 0 Å². The minimum atomic E-state index is -0.488. The van der Waals surface area contributed by atoms with Gasteiger partial charge in [-0.2, -0.15) is 0 Å². The number of rotatable bonds is 6. The zero-order valence-electron chi connectivity index (χ0n) is 13.2. The van der Waals surface area contributed by atoms with Gasteiger partial charge in [0.15, 0.2) is 5.16 Å². The highest BCUT2D eigenvalue weighted by molar-refractivity contribution is 8.00. The van der Waals surface area contributed by atoms with Crippen molar-refractivity contribution in [1.29, 1.82) is 0 Å². The highest BCUT2D eigenvalue weighted by atomic mass is 32.2. The molecule has 0 spiro atoms. The molecule has 122 valence electrons. The van der Waals surface area contributed by atoms with E-state index in [0.29, 0.717) is 11.8 Å². The SMILES string of the molecule is CCOC(=O)[C@@H](Sc1nncn1-c1ccccc1)c1ccccc1. The van der Waals surface area contributed by atoms with Gasteiger partial charge in [-0.1, -0.05) is 60.3 Å². The third-order valence-corrected chi connectivity index (χ3v) is 4.57. The van der Waals surface area contributed by atoms with Gasteiger partial charge >= 0.3 is 5.97 Å². The number of aromatic nitrogens is 3. The first-order valence-electron chi connectivity index (χ1n) is 7.63. The smallest absolute Gasteiger partial charge is 0.324 e. The van der Waals surface area contributed by atoms with Crippen molar-refractivity contribution in [3.8, 4) is 5.69 Å². The fourth-order valence-electron chi connectivity index (χ4n) is 2.27. The van der Waals surface area contributed by atoms with Crippen molar-refractivity contribution in [2.45, 2.75) is 17.3 Å². The molecule has 0 aliphatic carbocycles. The molecule has 0 saturated carbocycles. The van der Waals surface area contributed by atoms with Gasteiger partial charge in [-0.3, -0.25) is 9.36 Å². The molecule has 0 amide bonds. The second-order valence-electron chi connectivity index (χ2n) is 4.98. The van der Waals surface area contributed by atoms with E-state index in [2.05, 4.69) is 10.2 Å². The predicted octanol–water partition coefficient (Wildman–Crippen LogP) is 3.66. The molecule has 0 aliphatic rings. The Labute approximate surface area is 144 Å². The van der Waals surface area contributed by atoms with Crippen LogP contribution in [0.1, 0.15) is 17.7 Å². The Hall–Kier alpha value is -2.60. The van der Waals surface area contributed by atoms with E-state index < -0.39 is 5.25 Å². The van der Waals surface area contributed by atoms with Crippen molar-refractivity contribution in [3.63, 3.8) is 0 Å². The molecule has 1 heterocycles. The molecule has 5 nitrogen and oxygen atoms in total. The summed E-state index contributed by atoms with van der Waals surface area (Å²) in [5.74, 6) is -0.281. The fourth-order valence-corrected chi connectivity index (χ4v) is 3.30. The van der Waals surface area contributed by atoms with Crippen LogP contribution in [0, 0.1) is 0 Å². The van der Waals surface area contributed by atoms with Gasteiger partial charge in [0.25, 0.3) is 0 Å². The minimum Gasteiger partial charge on any atom is -0.465 e. The van der Waals surface area contributed by atoms with Crippen molar-refractivity contribution in [2.75, 3.05) is 6.61 Å². The number of thioether (sulfide) groups is 1. The van der Waals surface area contributed by atoms with Crippen molar-refractivity contribution < 1.29 is 9.53 Å². The van der Waals surface area contributed by atoms with Crippen LogP contribution in [0.5, 0.6) is 0 Å². The average molecular weight is 339 g/mol. The van der Waals surface area contributed by atoms with E-state index in [0.717, 1.165) is 11.3 Å². The number of para-hydroxylation sites is 1. The van der Waals surface area contributed by atoms with Crippen LogP contribution in [0.15, 0.2) is 72.1 Å². The van der Waals surface area contributed by atoms with Gasteiger partial charge in [-0.15, -0.1) is 10.2 Å². The van der Waals surface area contributed by atoms with Gasteiger partial charge in [0.05, 0.1) is 6.61 Å². The minimum absolute atomic E-state index is 0.281. The summed E-state index contributed by atoms with van der Waals surface area (Å²) in [7, 11) is 0. The highest BCUT2D eigenvalue weighted by Crippen LogP contribution is 2.36. The number of benzene rings is 2. The molecule has 0 bridgehead atoms. The average Bonchev–Trinajstić information content (AvgIpc) is 3.09. The summed E-state index contributed by atoms with van der Waals surface area (Å²) < 4.78 is 7.10. The quantitative estimate of drug-likeness (QED) is 0.507. The van der Waals surface area contributed by atoms with E-state index in [9.17, 15) is 4.79 Å². The van der Waals surface area contributed by atoms with E-state index >= 15 is 0 Å². The van der Waals surface area contributed by atoms with Crippen LogP contribution >= 0.6 is 11.8 Å². The molecule has 0 aliphatic heterocycles. The zero-order chi connectivity index (χ0) is 16.8. The molecule has 0 N–H and O–H groups in total. The maximum absolute atomic E-state index is 12.4. The van der Waals surface area contributed by atoms with E-state index in [1.54, 1.807) is 13.3 Å². The Morgan fingerprint density at radius 2 is 1.79 bits per heavy atom. The molecule has 6 heteroatoms. The van der Waals surface area contributed by atoms with Crippen LogP contribution in [0.2, 0.25) is 0 Å². The Morgan fingerprint density at radius 3 is 2.46 bits per heavy atom. The third kappa shape index (κ3) is 3.65. The molecule has 0 fully saturated rings.